The Balaban J connectivity index is 2.83. The maximum absolute atomic E-state index is 3.86. The number of hydrogen-bond acceptors (Lipinski definition) is 2. The van der Waals surface area contributed by atoms with Gasteiger partial charge in [0.15, 0.2) is 0 Å². The van der Waals surface area contributed by atoms with Crippen LogP contribution < -0.4 is 4.72 Å². The molecule has 0 aliphatic rings. The summed E-state index contributed by atoms with van der Waals surface area (Å²) in [5.74, 6) is 0.762. The van der Waals surface area contributed by atoms with Gasteiger partial charge in [0.2, 0.25) is 0 Å². The predicted octanol–water partition coefficient (Wildman–Crippen LogP) is 1.47. The molecule has 0 aromatic heterocycles. The average Bonchev–Trinajstić information content (AvgIpc) is 1.68. The Hall–Kier alpha value is 0.310. The first-order valence-corrected chi connectivity index (χ1v) is 3.13. The Morgan fingerprint density at radius 2 is 2.29 bits per heavy atom. The Bertz CT molecular complexity index is 39.1. The van der Waals surface area contributed by atoms with Crippen LogP contribution in [0.4, 0.5) is 0 Å². The van der Waals surface area contributed by atoms with Gasteiger partial charge in [-0.15, -0.1) is 0 Å². The summed E-state index contributed by atoms with van der Waals surface area (Å²) in [4.78, 5) is 0. The van der Waals surface area contributed by atoms with Gasteiger partial charge in [0.25, 0.3) is 0 Å². The van der Waals surface area contributed by atoms with Crippen LogP contribution in [0.5, 0.6) is 0 Å². The topological polar surface area (TPSA) is 12.0 Å². The molecule has 0 radical (unpaired) electrons. The zero-order chi connectivity index (χ0) is 5.70. The minimum atomic E-state index is 0.762. The van der Waals surface area contributed by atoms with Crippen molar-refractivity contribution in [3.63, 3.8) is 0 Å². The highest BCUT2D eigenvalue weighted by molar-refractivity contribution is 7.78. The van der Waals surface area contributed by atoms with Crippen LogP contribution >= 0.6 is 12.8 Å². The normalized spacial score (nSPS) is 14.1. The lowest BCUT2D eigenvalue weighted by molar-refractivity contribution is 0.560. The Morgan fingerprint density at radius 1 is 1.71 bits per heavy atom. The van der Waals surface area contributed by atoms with E-state index in [4.69, 9.17) is 0 Å². The third-order valence-electron chi connectivity index (χ3n) is 1.14. The summed E-state index contributed by atoms with van der Waals surface area (Å²) in [6.45, 7) is 5.39. The molecule has 0 aliphatic carbocycles. The zero-order valence-electron chi connectivity index (χ0n) is 4.94. The molecule has 1 atom stereocenters. The molecule has 0 aromatic rings. The van der Waals surface area contributed by atoms with Gasteiger partial charge >= 0.3 is 0 Å². The smallest absolute Gasteiger partial charge is 0.00817 e. The van der Waals surface area contributed by atoms with E-state index in [-0.39, 0.29) is 0 Å². The summed E-state index contributed by atoms with van der Waals surface area (Å²) in [7, 11) is 0. The SMILES string of the molecule is CCC(C)CNS. The lowest BCUT2D eigenvalue weighted by Crippen LogP contribution is -2.10. The number of thiol groups is 1. The van der Waals surface area contributed by atoms with E-state index in [0.717, 1.165) is 12.5 Å². The molecule has 1 unspecified atom stereocenters. The number of rotatable bonds is 3. The Labute approximate surface area is 51.0 Å². The molecule has 44 valence electrons. The van der Waals surface area contributed by atoms with Crippen LogP contribution in [-0.2, 0) is 0 Å². The second-order valence-corrected chi connectivity index (χ2v) is 2.19. The molecular weight excluding hydrogens is 106 g/mol. The fraction of sp³-hybridized carbons (Fsp3) is 1.00. The van der Waals surface area contributed by atoms with Crippen LogP contribution in [0.15, 0.2) is 0 Å². The summed E-state index contributed by atoms with van der Waals surface area (Å²) in [5, 5.41) is 0. The molecule has 0 amide bonds. The van der Waals surface area contributed by atoms with E-state index in [1.165, 1.54) is 6.42 Å². The summed E-state index contributed by atoms with van der Waals surface area (Å²) in [6.07, 6.45) is 1.23. The Morgan fingerprint density at radius 3 is 2.43 bits per heavy atom. The van der Waals surface area contributed by atoms with E-state index in [1.807, 2.05) is 0 Å². The van der Waals surface area contributed by atoms with E-state index in [9.17, 15) is 0 Å². The number of nitrogens with one attached hydrogen (secondary N) is 1. The molecule has 0 aromatic carbocycles. The first-order valence-electron chi connectivity index (χ1n) is 2.68. The quantitative estimate of drug-likeness (QED) is 0.536. The van der Waals surface area contributed by atoms with E-state index in [0.29, 0.717) is 0 Å². The molecule has 7 heavy (non-hydrogen) atoms. The van der Waals surface area contributed by atoms with E-state index in [1.54, 1.807) is 0 Å². The fourth-order valence-corrected chi connectivity index (χ4v) is 0.612. The highest BCUT2D eigenvalue weighted by atomic mass is 32.1. The minimum absolute atomic E-state index is 0.762. The van der Waals surface area contributed by atoms with Crippen LogP contribution in [0.1, 0.15) is 20.3 Å². The molecule has 0 aliphatic heterocycles. The first-order chi connectivity index (χ1) is 3.31. The van der Waals surface area contributed by atoms with Gasteiger partial charge in [-0.25, -0.2) is 0 Å². The van der Waals surface area contributed by atoms with Crippen molar-refractivity contribution in [2.75, 3.05) is 6.54 Å². The summed E-state index contributed by atoms with van der Waals surface area (Å²) in [6, 6.07) is 0. The van der Waals surface area contributed by atoms with E-state index in [2.05, 4.69) is 31.4 Å². The lowest BCUT2D eigenvalue weighted by Gasteiger charge is -2.03. The molecule has 0 fully saturated rings. The maximum Gasteiger partial charge on any atom is 0.00817 e. The van der Waals surface area contributed by atoms with Crippen LogP contribution in [-0.4, -0.2) is 6.54 Å². The highest BCUT2D eigenvalue weighted by Crippen LogP contribution is 1.96. The highest BCUT2D eigenvalue weighted by Gasteiger charge is 1.92. The third kappa shape index (κ3) is 4.16. The van der Waals surface area contributed by atoms with E-state index >= 15 is 0 Å². The van der Waals surface area contributed by atoms with Crippen molar-refractivity contribution in [3.05, 3.63) is 0 Å². The molecule has 0 spiro atoms. The standard InChI is InChI=1S/C5H13NS/c1-3-5(2)4-6-7/h5-7H,3-4H2,1-2H3. The lowest BCUT2D eigenvalue weighted by atomic mass is 10.1. The van der Waals surface area contributed by atoms with Crippen molar-refractivity contribution in [2.24, 2.45) is 5.92 Å². The van der Waals surface area contributed by atoms with Crippen molar-refractivity contribution in [2.45, 2.75) is 20.3 Å². The zero-order valence-corrected chi connectivity index (χ0v) is 5.83. The monoisotopic (exact) mass is 119 g/mol. The van der Waals surface area contributed by atoms with Crippen LogP contribution in [0.25, 0.3) is 0 Å². The largest absolute Gasteiger partial charge is 0.267 e. The van der Waals surface area contributed by atoms with Crippen molar-refractivity contribution in [3.8, 4) is 0 Å². The van der Waals surface area contributed by atoms with Crippen molar-refractivity contribution >= 4 is 12.8 Å². The van der Waals surface area contributed by atoms with Crippen LogP contribution in [0.3, 0.4) is 0 Å². The molecule has 0 heterocycles. The molecule has 0 rings (SSSR count). The summed E-state index contributed by atoms with van der Waals surface area (Å²) < 4.78 is 2.81. The van der Waals surface area contributed by atoms with Gasteiger partial charge < -0.3 is 0 Å². The second kappa shape index (κ2) is 4.47. The predicted molar refractivity (Wildman–Crippen MR) is 36.4 cm³/mol. The van der Waals surface area contributed by atoms with Gasteiger partial charge in [-0.1, -0.05) is 33.1 Å². The molecule has 0 saturated heterocycles. The Kier molecular flexibility index (Phi) is 4.67. The average molecular weight is 119 g/mol. The van der Waals surface area contributed by atoms with E-state index < -0.39 is 0 Å². The first kappa shape index (κ1) is 7.31. The molecule has 0 saturated carbocycles. The molecule has 2 heteroatoms. The van der Waals surface area contributed by atoms with Gasteiger partial charge in [-0.2, -0.15) is 0 Å². The van der Waals surface area contributed by atoms with Crippen LogP contribution in [0, 0.1) is 5.92 Å². The maximum atomic E-state index is 3.86. The van der Waals surface area contributed by atoms with Gasteiger partial charge in [0.05, 0.1) is 0 Å². The second-order valence-electron chi connectivity index (χ2n) is 1.88. The fourth-order valence-electron chi connectivity index (χ4n) is 0.300. The van der Waals surface area contributed by atoms with Crippen molar-refractivity contribution in [1.82, 2.24) is 4.72 Å². The van der Waals surface area contributed by atoms with Crippen molar-refractivity contribution < 1.29 is 0 Å². The van der Waals surface area contributed by atoms with Gasteiger partial charge in [-0.3, -0.25) is 4.72 Å². The van der Waals surface area contributed by atoms with Gasteiger partial charge in [-0.05, 0) is 5.92 Å². The van der Waals surface area contributed by atoms with Crippen LogP contribution in [0.2, 0.25) is 0 Å². The summed E-state index contributed by atoms with van der Waals surface area (Å²) >= 11 is 3.86. The number of hydrogen-bond donors (Lipinski definition) is 2. The molecule has 1 nitrogen and oxygen atoms in total. The summed E-state index contributed by atoms with van der Waals surface area (Å²) in [5.41, 5.74) is 0. The van der Waals surface area contributed by atoms with Gasteiger partial charge in [0, 0.05) is 6.54 Å². The van der Waals surface area contributed by atoms with Gasteiger partial charge in [0.1, 0.15) is 0 Å². The molecule has 0 bridgehead atoms. The molecule has 1 N–H and O–H groups in total. The van der Waals surface area contributed by atoms with Crippen molar-refractivity contribution in [1.29, 1.82) is 0 Å². The minimum Gasteiger partial charge on any atom is -0.267 e. The third-order valence-corrected chi connectivity index (χ3v) is 1.32. The molecular formula is C5H13NS.